The molecule has 0 amide bonds. The molecule has 29 heavy (non-hydrogen) atoms. The number of halogens is 2. The first-order valence-electron chi connectivity index (χ1n) is 9.51. The predicted molar refractivity (Wildman–Crippen MR) is 110 cm³/mol. The molecule has 4 rings (SSSR count). The maximum absolute atomic E-state index is 6.02. The molecule has 0 aliphatic heterocycles. The van der Waals surface area contributed by atoms with Crippen LogP contribution in [-0.2, 0) is 33.9 Å². The van der Waals surface area contributed by atoms with Crippen LogP contribution in [-0.4, -0.2) is 15.1 Å². The van der Waals surface area contributed by atoms with E-state index < -0.39 is 8.32 Å². The molecule has 2 aliphatic carbocycles. The van der Waals surface area contributed by atoms with E-state index in [1.807, 2.05) is 0 Å². The fourth-order valence-corrected chi connectivity index (χ4v) is 5.82. The van der Waals surface area contributed by atoms with Gasteiger partial charge in [-0.2, -0.15) is 0 Å². The van der Waals surface area contributed by atoms with Crippen molar-refractivity contribution in [3.63, 3.8) is 0 Å². The van der Waals surface area contributed by atoms with E-state index in [9.17, 15) is 0 Å². The molecule has 0 saturated heterocycles. The van der Waals surface area contributed by atoms with Gasteiger partial charge in [-0.1, -0.05) is 0 Å². The summed E-state index contributed by atoms with van der Waals surface area (Å²) in [6.45, 7) is 9.23. The first-order valence-corrected chi connectivity index (χ1v) is 14.1. The van der Waals surface area contributed by atoms with Gasteiger partial charge in [0.05, 0.1) is 0 Å². The standard InChI is InChI=1S/C23H25O2Si.2ClH.Zr/c1-16-18-8-5-6-9-20(18)21-13-12-17(14-22(16)21)19-10-7-11-23(19)24-15-25-26(2,3)4;;;/h5-9,11-13,16H,10,15H2,1-4H3;2*1H;/q;;;+2/p-2. The van der Waals surface area contributed by atoms with Gasteiger partial charge in [-0.3, -0.25) is 0 Å². The van der Waals surface area contributed by atoms with Crippen molar-refractivity contribution >= 4 is 17.2 Å². The smallest absolute Gasteiger partial charge is 1.00 e. The van der Waals surface area contributed by atoms with Crippen molar-refractivity contribution in [2.45, 2.75) is 38.9 Å². The summed E-state index contributed by atoms with van der Waals surface area (Å²) >= 11 is 1.46. The molecule has 151 valence electrons. The molecule has 0 saturated carbocycles. The number of ether oxygens (including phenoxy) is 1. The SMILES string of the molecule is CC1c2ccccc2-c2ccc(C3=C(OCO[Si](C)(C)C)C=CC3)[c]([Zr+2])c21.[Cl-].[Cl-]. The van der Waals surface area contributed by atoms with Crippen LogP contribution in [0.1, 0.15) is 36.0 Å². The van der Waals surface area contributed by atoms with Gasteiger partial charge in [0.25, 0.3) is 0 Å². The maximum atomic E-state index is 6.02. The minimum Gasteiger partial charge on any atom is -1.00 e. The predicted octanol–water partition coefficient (Wildman–Crippen LogP) is -0.504. The first kappa shape index (κ1) is 24.6. The Bertz CT molecular complexity index is 964. The molecular formula is C23H25Cl2O2SiZr. The Morgan fingerprint density at radius 2 is 1.69 bits per heavy atom. The topological polar surface area (TPSA) is 18.5 Å². The van der Waals surface area contributed by atoms with E-state index >= 15 is 0 Å². The molecule has 0 fully saturated rings. The van der Waals surface area contributed by atoms with Gasteiger partial charge in [0.1, 0.15) is 0 Å². The molecule has 0 spiro atoms. The molecule has 0 N–H and O–H groups in total. The Labute approximate surface area is 202 Å². The second-order valence-corrected chi connectivity index (χ2v) is 14.0. The molecule has 2 aromatic carbocycles. The van der Waals surface area contributed by atoms with Crippen molar-refractivity contribution in [3.05, 3.63) is 71.0 Å². The van der Waals surface area contributed by atoms with Crippen LogP contribution in [0.15, 0.2) is 54.3 Å². The van der Waals surface area contributed by atoms with Crippen LogP contribution in [0.2, 0.25) is 19.6 Å². The Hall–Kier alpha value is -0.640. The zero-order chi connectivity index (χ0) is 19.2. The summed E-state index contributed by atoms with van der Waals surface area (Å²) in [5.74, 6) is 1.43. The van der Waals surface area contributed by atoms with Crippen molar-refractivity contribution in [2.75, 3.05) is 6.79 Å². The number of hydrogen-bond donors (Lipinski definition) is 0. The zero-order valence-corrected chi connectivity index (χ0v) is 22.2. The minimum atomic E-state index is -1.57. The molecule has 1 atom stereocenters. The summed E-state index contributed by atoms with van der Waals surface area (Å²) in [7, 11) is -1.57. The second-order valence-electron chi connectivity index (χ2n) is 8.23. The van der Waals surface area contributed by atoms with Crippen molar-refractivity contribution in [1.29, 1.82) is 0 Å². The number of rotatable bonds is 5. The van der Waals surface area contributed by atoms with Gasteiger partial charge in [0.2, 0.25) is 0 Å². The normalized spacial score (nSPS) is 16.8. The van der Waals surface area contributed by atoms with Crippen LogP contribution < -0.4 is 28.1 Å². The molecule has 0 radical (unpaired) electrons. The van der Waals surface area contributed by atoms with E-state index in [0.29, 0.717) is 12.7 Å². The van der Waals surface area contributed by atoms with Gasteiger partial charge in [-0.05, 0) is 0 Å². The maximum Gasteiger partial charge on any atom is -1.00 e. The van der Waals surface area contributed by atoms with Crippen LogP contribution in [0.3, 0.4) is 0 Å². The molecule has 1 unspecified atom stereocenters. The molecular weight excluding hydrogens is 498 g/mol. The van der Waals surface area contributed by atoms with Crippen LogP contribution in [0, 0.1) is 0 Å². The van der Waals surface area contributed by atoms with Gasteiger partial charge >= 0.3 is 179 Å². The van der Waals surface area contributed by atoms with Crippen LogP contribution in [0.4, 0.5) is 0 Å². The third-order valence-electron chi connectivity index (χ3n) is 5.32. The fraction of sp³-hybridized carbons (Fsp3) is 0.304. The Morgan fingerprint density at radius 3 is 2.41 bits per heavy atom. The molecule has 6 heteroatoms. The monoisotopic (exact) mass is 521 g/mol. The fourth-order valence-electron chi connectivity index (χ4n) is 3.96. The van der Waals surface area contributed by atoms with Crippen LogP contribution >= 0.6 is 0 Å². The average Bonchev–Trinajstić information content (AvgIpc) is 3.18. The third-order valence-corrected chi connectivity index (χ3v) is 7.62. The van der Waals surface area contributed by atoms with Crippen molar-refractivity contribution < 1.29 is 58.7 Å². The summed E-state index contributed by atoms with van der Waals surface area (Å²) < 4.78 is 13.4. The number of fused-ring (bicyclic) bond motifs is 3. The van der Waals surface area contributed by atoms with Crippen molar-refractivity contribution in [3.8, 4) is 11.1 Å². The van der Waals surface area contributed by atoms with Crippen molar-refractivity contribution in [2.24, 2.45) is 0 Å². The summed E-state index contributed by atoms with van der Waals surface area (Å²) in [4.78, 5) is 0. The summed E-state index contributed by atoms with van der Waals surface area (Å²) in [5, 5.41) is 0. The van der Waals surface area contributed by atoms with E-state index in [0.717, 1.165) is 12.2 Å². The Kier molecular flexibility index (Phi) is 8.20. The van der Waals surface area contributed by atoms with Gasteiger partial charge in [0, 0.05) is 0 Å². The van der Waals surface area contributed by atoms with Gasteiger partial charge in [-0.25, -0.2) is 0 Å². The van der Waals surface area contributed by atoms with Gasteiger partial charge in [-0.15, -0.1) is 0 Å². The summed E-state index contributed by atoms with van der Waals surface area (Å²) in [6.07, 6.45) is 5.23. The first-order chi connectivity index (χ1) is 12.9. The molecule has 0 aromatic heterocycles. The van der Waals surface area contributed by atoms with Crippen LogP contribution in [0.25, 0.3) is 16.7 Å². The van der Waals surface area contributed by atoms with E-state index in [4.69, 9.17) is 9.16 Å². The van der Waals surface area contributed by atoms with E-state index in [1.165, 1.54) is 61.4 Å². The summed E-state index contributed by atoms with van der Waals surface area (Å²) in [6, 6.07) is 13.4. The number of allylic oxidation sites excluding steroid dienone is 3. The molecule has 2 aromatic rings. The van der Waals surface area contributed by atoms with E-state index in [2.05, 4.69) is 75.1 Å². The molecule has 2 nitrogen and oxygen atoms in total. The zero-order valence-electron chi connectivity index (χ0n) is 17.2. The third kappa shape index (κ3) is 4.83. The Morgan fingerprint density at radius 1 is 1.00 bits per heavy atom. The van der Waals surface area contributed by atoms with Gasteiger partial charge in [0.15, 0.2) is 0 Å². The van der Waals surface area contributed by atoms with Crippen molar-refractivity contribution in [1.82, 2.24) is 0 Å². The number of benzene rings is 2. The van der Waals surface area contributed by atoms with E-state index in [-0.39, 0.29) is 24.8 Å². The molecule has 0 bridgehead atoms. The molecule has 2 aliphatic rings. The van der Waals surface area contributed by atoms with E-state index in [1.54, 1.807) is 0 Å². The molecule has 0 heterocycles. The minimum absolute atomic E-state index is 0. The largest absolute Gasteiger partial charge is 1.00 e. The summed E-state index contributed by atoms with van der Waals surface area (Å²) in [5.41, 5.74) is 8.40. The quantitative estimate of drug-likeness (QED) is 0.389. The Balaban J connectivity index is 0.00000150. The van der Waals surface area contributed by atoms with Gasteiger partial charge < -0.3 is 24.8 Å². The second kappa shape index (κ2) is 9.66. The average molecular weight is 524 g/mol. The number of hydrogen-bond acceptors (Lipinski definition) is 2. The van der Waals surface area contributed by atoms with Crippen LogP contribution in [0.5, 0.6) is 0 Å².